The van der Waals surface area contributed by atoms with Crippen LogP contribution in [0.15, 0.2) is 48.7 Å². The first-order chi connectivity index (χ1) is 14.0. The van der Waals surface area contributed by atoms with E-state index in [0.29, 0.717) is 25.1 Å². The summed E-state index contributed by atoms with van der Waals surface area (Å²) in [7, 11) is 0. The molecule has 1 unspecified atom stereocenters. The number of carbonyl (C=O) groups is 1. The monoisotopic (exact) mass is 400 g/mol. The van der Waals surface area contributed by atoms with Gasteiger partial charge < -0.3 is 10.6 Å². The van der Waals surface area contributed by atoms with E-state index >= 15 is 0 Å². The first-order valence-electron chi connectivity index (χ1n) is 9.32. The molecule has 29 heavy (non-hydrogen) atoms. The largest absolute Gasteiger partial charge is 0.331 e. The number of benzene rings is 2. The molecule has 0 saturated carbocycles. The molecule has 8 heteroatoms. The number of hydrogen-bond donors (Lipinski definition) is 2. The van der Waals surface area contributed by atoms with Crippen LogP contribution in [0.5, 0.6) is 0 Å². The Morgan fingerprint density at radius 1 is 1.10 bits per heavy atom. The van der Waals surface area contributed by atoms with Gasteiger partial charge in [0, 0.05) is 23.4 Å². The third kappa shape index (κ3) is 4.11. The quantitative estimate of drug-likeness (QED) is 0.632. The summed E-state index contributed by atoms with van der Waals surface area (Å²) in [4.78, 5) is 12.3. The Balaban J connectivity index is 1.47. The molecule has 0 saturated heterocycles. The molecule has 3 aromatic rings. The normalized spacial score (nSPS) is 15.6. The van der Waals surface area contributed by atoms with Crippen molar-refractivity contribution in [1.29, 1.82) is 0 Å². The average molecular weight is 400 g/mol. The second kappa shape index (κ2) is 7.98. The van der Waals surface area contributed by atoms with E-state index in [1.165, 1.54) is 0 Å². The van der Waals surface area contributed by atoms with Crippen molar-refractivity contribution in [3.63, 3.8) is 0 Å². The van der Waals surface area contributed by atoms with Gasteiger partial charge in [0.05, 0.1) is 24.5 Å². The molecule has 0 spiro atoms. The van der Waals surface area contributed by atoms with Crippen LogP contribution >= 0.6 is 0 Å². The van der Waals surface area contributed by atoms with Gasteiger partial charge in [0.15, 0.2) is 11.6 Å². The van der Waals surface area contributed by atoms with E-state index in [1.807, 2.05) is 35.0 Å². The molecule has 2 N–H and O–H groups in total. The van der Waals surface area contributed by atoms with Crippen LogP contribution in [0.3, 0.4) is 0 Å². The lowest BCUT2D eigenvalue weighted by Crippen LogP contribution is -2.34. The number of aromatic nitrogens is 2. The van der Waals surface area contributed by atoms with Gasteiger partial charge in [-0.05, 0) is 24.8 Å². The molecule has 1 heterocycles. The van der Waals surface area contributed by atoms with E-state index in [-0.39, 0.29) is 6.04 Å². The first-order valence-corrected chi connectivity index (χ1v) is 9.32. The highest BCUT2D eigenvalue weighted by Gasteiger charge is 2.26. The minimum atomic E-state index is -1.31. The Kier molecular flexibility index (Phi) is 5.24. The van der Waals surface area contributed by atoms with E-state index in [2.05, 4.69) is 15.7 Å². The van der Waals surface area contributed by atoms with Crippen molar-refractivity contribution in [2.75, 3.05) is 5.32 Å². The summed E-state index contributed by atoms with van der Waals surface area (Å²) < 4.78 is 42.0. The lowest BCUT2D eigenvalue weighted by Gasteiger charge is -2.24. The van der Waals surface area contributed by atoms with Crippen LogP contribution in [0.1, 0.15) is 35.7 Å². The van der Waals surface area contributed by atoms with E-state index in [0.717, 1.165) is 29.7 Å². The highest BCUT2D eigenvalue weighted by molar-refractivity contribution is 5.89. The Bertz CT molecular complexity index is 1040. The molecular weight excluding hydrogens is 381 g/mol. The van der Waals surface area contributed by atoms with Gasteiger partial charge in [-0.1, -0.05) is 30.3 Å². The maximum atomic E-state index is 13.8. The molecule has 0 aliphatic heterocycles. The number of nitrogens with one attached hydrogen (secondary N) is 2. The molecular formula is C21H19F3N4O. The van der Waals surface area contributed by atoms with Crippen LogP contribution in [-0.4, -0.2) is 15.8 Å². The summed E-state index contributed by atoms with van der Waals surface area (Å²) in [5.74, 6) is -3.58. The molecule has 1 aliphatic rings. The van der Waals surface area contributed by atoms with Gasteiger partial charge in [-0.15, -0.1) is 0 Å². The van der Waals surface area contributed by atoms with Crippen molar-refractivity contribution in [2.24, 2.45) is 0 Å². The van der Waals surface area contributed by atoms with Gasteiger partial charge in [0.25, 0.3) is 0 Å². The molecule has 5 nitrogen and oxygen atoms in total. The fourth-order valence-corrected chi connectivity index (χ4v) is 3.60. The van der Waals surface area contributed by atoms with Crippen LogP contribution < -0.4 is 10.6 Å². The second-order valence-electron chi connectivity index (χ2n) is 6.98. The maximum Gasteiger partial charge on any atom is 0.319 e. The zero-order valence-electron chi connectivity index (χ0n) is 15.5. The van der Waals surface area contributed by atoms with Gasteiger partial charge in [-0.25, -0.2) is 18.0 Å². The molecule has 4 rings (SSSR count). The standard InChI is InChI=1S/C21H19F3N4O/c22-15-9-17(24)19(10-16(15)23)27-21(29)26-18-7-4-8-20-14(18)11-25-28(20)12-13-5-2-1-3-6-13/h1-3,5-6,9-11,18H,4,7-8,12H2,(H2,26,27,29). The fraction of sp³-hybridized carbons (Fsp3) is 0.238. The topological polar surface area (TPSA) is 59.0 Å². The third-order valence-electron chi connectivity index (χ3n) is 5.00. The minimum Gasteiger partial charge on any atom is -0.331 e. The number of rotatable bonds is 4. The zero-order valence-corrected chi connectivity index (χ0v) is 15.5. The van der Waals surface area contributed by atoms with E-state index in [9.17, 15) is 18.0 Å². The van der Waals surface area contributed by atoms with Gasteiger partial charge >= 0.3 is 6.03 Å². The maximum absolute atomic E-state index is 13.8. The molecule has 0 bridgehead atoms. The van der Waals surface area contributed by atoms with E-state index < -0.39 is 29.2 Å². The molecule has 1 atom stereocenters. The predicted octanol–water partition coefficient (Wildman–Crippen LogP) is 4.55. The highest BCUT2D eigenvalue weighted by atomic mass is 19.2. The van der Waals surface area contributed by atoms with Crippen LogP contribution in [0.25, 0.3) is 0 Å². The highest BCUT2D eigenvalue weighted by Crippen LogP contribution is 2.30. The Morgan fingerprint density at radius 3 is 2.66 bits per heavy atom. The summed E-state index contributed by atoms with van der Waals surface area (Å²) in [6.45, 7) is 0.634. The number of carbonyl (C=O) groups excluding carboxylic acids is 1. The van der Waals surface area contributed by atoms with Crippen LogP contribution in [0.4, 0.5) is 23.7 Å². The second-order valence-corrected chi connectivity index (χ2v) is 6.98. The van der Waals surface area contributed by atoms with Gasteiger partial charge in [0.1, 0.15) is 5.82 Å². The lowest BCUT2D eigenvalue weighted by atomic mass is 9.93. The van der Waals surface area contributed by atoms with Crippen molar-refractivity contribution in [1.82, 2.24) is 15.1 Å². The van der Waals surface area contributed by atoms with E-state index in [1.54, 1.807) is 6.20 Å². The SMILES string of the molecule is O=C(Nc1cc(F)c(F)cc1F)NC1CCCc2c1cnn2Cc1ccccc1. The smallest absolute Gasteiger partial charge is 0.319 e. The van der Waals surface area contributed by atoms with Crippen molar-refractivity contribution in [2.45, 2.75) is 31.8 Å². The number of anilines is 1. The van der Waals surface area contributed by atoms with Crippen LogP contribution in [0.2, 0.25) is 0 Å². The number of halogens is 3. The summed E-state index contributed by atoms with van der Waals surface area (Å²) in [6.07, 6.45) is 4.15. The summed E-state index contributed by atoms with van der Waals surface area (Å²) >= 11 is 0. The number of urea groups is 1. The van der Waals surface area contributed by atoms with Crippen LogP contribution in [0, 0.1) is 17.5 Å². The Labute approximate surface area is 165 Å². The molecule has 2 aromatic carbocycles. The minimum absolute atomic E-state index is 0.295. The van der Waals surface area contributed by atoms with Crippen molar-refractivity contribution in [3.05, 3.63) is 82.9 Å². The number of nitrogens with zero attached hydrogens (tertiary/aromatic N) is 2. The summed E-state index contributed by atoms with van der Waals surface area (Å²) in [6, 6.07) is 9.98. The molecule has 0 radical (unpaired) electrons. The van der Waals surface area contributed by atoms with E-state index in [4.69, 9.17) is 0 Å². The Morgan fingerprint density at radius 2 is 1.86 bits per heavy atom. The summed E-state index contributed by atoms with van der Waals surface area (Å²) in [5, 5.41) is 9.48. The molecule has 1 aromatic heterocycles. The predicted molar refractivity (Wildman–Crippen MR) is 102 cm³/mol. The Hall–Kier alpha value is -3.29. The van der Waals surface area contributed by atoms with Crippen molar-refractivity contribution >= 4 is 11.7 Å². The fourth-order valence-electron chi connectivity index (χ4n) is 3.60. The molecule has 1 aliphatic carbocycles. The lowest BCUT2D eigenvalue weighted by molar-refractivity contribution is 0.247. The number of amides is 2. The molecule has 2 amide bonds. The zero-order chi connectivity index (χ0) is 20.4. The average Bonchev–Trinajstić information content (AvgIpc) is 3.11. The number of fused-ring (bicyclic) bond motifs is 1. The summed E-state index contributed by atoms with van der Waals surface area (Å²) in [5.41, 5.74) is 2.66. The van der Waals surface area contributed by atoms with Crippen LogP contribution in [-0.2, 0) is 13.0 Å². The van der Waals surface area contributed by atoms with Gasteiger partial charge in [-0.2, -0.15) is 5.10 Å². The van der Waals surface area contributed by atoms with Gasteiger partial charge in [0.2, 0.25) is 0 Å². The third-order valence-corrected chi connectivity index (χ3v) is 5.00. The van der Waals surface area contributed by atoms with Crippen molar-refractivity contribution < 1.29 is 18.0 Å². The molecule has 0 fully saturated rings. The van der Waals surface area contributed by atoms with Gasteiger partial charge in [-0.3, -0.25) is 4.68 Å². The number of hydrogen-bond acceptors (Lipinski definition) is 2. The molecule has 150 valence electrons. The van der Waals surface area contributed by atoms with Crippen molar-refractivity contribution in [3.8, 4) is 0 Å². The first kappa shape index (κ1) is 19.0.